The normalized spacial score (nSPS) is 22.9. The summed E-state index contributed by atoms with van der Waals surface area (Å²) in [4.78, 5) is 31.1. The van der Waals surface area contributed by atoms with Crippen LogP contribution < -0.4 is 14.5 Å². The van der Waals surface area contributed by atoms with Crippen molar-refractivity contribution in [2.75, 3.05) is 23.0 Å². The number of benzene rings is 4. The van der Waals surface area contributed by atoms with Crippen molar-refractivity contribution in [2.24, 2.45) is 5.92 Å². The highest BCUT2D eigenvalue weighted by Crippen LogP contribution is 2.60. The Morgan fingerprint density at radius 1 is 0.943 bits per heavy atom. The van der Waals surface area contributed by atoms with Gasteiger partial charge in [-0.15, -0.1) is 5.10 Å². The summed E-state index contributed by atoms with van der Waals surface area (Å²) in [7, 11) is -3.36. The molecular formula is C41H42FN5O5Si. The lowest BCUT2D eigenvalue weighted by molar-refractivity contribution is -0.146. The number of hydrogen-bond donors (Lipinski definition) is 1. The predicted molar refractivity (Wildman–Crippen MR) is 201 cm³/mol. The minimum atomic E-state index is -3.36. The zero-order valence-corrected chi connectivity index (χ0v) is 30.9. The lowest BCUT2D eigenvalue weighted by atomic mass is 9.82. The summed E-state index contributed by atoms with van der Waals surface area (Å²) in [6, 6.07) is 32.4. The van der Waals surface area contributed by atoms with Crippen LogP contribution in [0.5, 0.6) is 5.75 Å². The summed E-state index contributed by atoms with van der Waals surface area (Å²) in [6.45, 7) is 5.90. The molecule has 2 amide bonds. The van der Waals surface area contributed by atoms with Crippen molar-refractivity contribution in [1.82, 2.24) is 15.0 Å². The van der Waals surface area contributed by atoms with Gasteiger partial charge in [0.25, 0.3) is 11.8 Å². The Bertz CT molecular complexity index is 2140. The van der Waals surface area contributed by atoms with Gasteiger partial charge in [0, 0.05) is 35.5 Å². The first-order valence-electron chi connectivity index (χ1n) is 18.1. The quantitative estimate of drug-likeness (QED) is 0.123. The fraction of sp³-hybridized carbons (Fsp3) is 0.317. The fourth-order valence-corrected chi connectivity index (χ4v) is 11.2. The number of aryl methyl sites for hydroxylation is 1. The summed E-state index contributed by atoms with van der Waals surface area (Å²) < 4.78 is 30.7. The smallest absolute Gasteiger partial charge is 0.269 e. The molecule has 53 heavy (non-hydrogen) atoms. The van der Waals surface area contributed by atoms with E-state index in [9.17, 15) is 14.7 Å². The Morgan fingerprint density at radius 3 is 2.38 bits per heavy atom. The number of aliphatic hydroxyl groups is 1. The van der Waals surface area contributed by atoms with E-state index in [0.717, 1.165) is 22.4 Å². The number of amides is 2. The molecule has 1 unspecified atom stereocenters. The van der Waals surface area contributed by atoms with Crippen LogP contribution in [0.25, 0.3) is 0 Å². The second-order valence-corrected chi connectivity index (χ2v) is 18.5. The molecule has 0 bridgehead atoms. The van der Waals surface area contributed by atoms with Crippen molar-refractivity contribution in [1.29, 1.82) is 0 Å². The molecule has 272 valence electrons. The number of carbonyl (C=O) groups excluding carboxylic acids is 2. The van der Waals surface area contributed by atoms with Gasteiger partial charge in [0.1, 0.15) is 5.75 Å². The molecule has 10 nitrogen and oxygen atoms in total. The highest BCUT2D eigenvalue weighted by atomic mass is 28.4. The van der Waals surface area contributed by atoms with Gasteiger partial charge >= 0.3 is 0 Å². The number of fused-ring (bicyclic) bond motifs is 3. The average molecular weight is 732 g/mol. The number of aromatic nitrogens is 3. The zero-order valence-electron chi connectivity index (χ0n) is 29.9. The molecule has 1 fully saturated rings. The van der Waals surface area contributed by atoms with Crippen LogP contribution in [0.15, 0.2) is 109 Å². The van der Waals surface area contributed by atoms with Crippen LogP contribution in [0.2, 0.25) is 18.6 Å². The van der Waals surface area contributed by atoms with E-state index in [4.69, 9.17) is 9.47 Å². The molecule has 12 heteroatoms. The number of carbonyl (C=O) groups is 2. The number of nitrogens with zero attached hydrogens (tertiary/aromatic N) is 5. The monoisotopic (exact) mass is 731 g/mol. The summed E-state index contributed by atoms with van der Waals surface area (Å²) in [6.07, 6.45) is 1.73. The van der Waals surface area contributed by atoms with Crippen LogP contribution in [0.4, 0.5) is 21.2 Å². The lowest BCUT2D eigenvalue weighted by Crippen LogP contribution is -2.45. The van der Waals surface area contributed by atoms with E-state index in [-0.39, 0.29) is 37.5 Å². The highest BCUT2D eigenvalue weighted by Gasteiger charge is 2.66. The molecule has 0 aliphatic carbocycles. The number of anilines is 3. The molecule has 0 radical (unpaired) electrons. The molecule has 0 saturated carbocycles. The van der Waals surface area contributed by atoms with E-state index in [1.54, 1.807) is 27.6 Å². The first-order chi connectivity index (χ1) is 25.6. The summed E-state index contributed by atoms with van der Waals surface area (Å²) in [5.41, 5.74) is 3.58. The molecule has 5 atom stereocenters. The van der Waals surface area contributed by atoms with Gasteiger partial charge in [0.05, 0.1) is 42.2 Å². The predicted octanol–water partition coefficient (Wildman–Crippen LogP) is 6.87. The van der Waals surface area contributed by atoms with Crippen molar-refractivity contribution in [3.05, 3.63) is 132 Å². The van der Waals surface area contributed by atoms with Crippen molar-refractivity contribution in [2.45, 2.75) is 62.7 Å². The van der Waals surface area contributed by atoms with Gasteiger partial charge in [0.2, 0.25) is 8.41 Å². The second-order valence-electron chi connectivity index (χ2n) is 14.7. The first-order valence-corrected chi connectivity index (χ1v) is 21.0. The van der Waals surface area contributed by atoms with Crippen molar-refractivity contribution >= 4 is 37.3 Å². The van der Waals surface area contributed by atoms with Crippen molar-refractivity contribution < 1.29 is 28.3 Å². The second kappa shape index (κ2) is 13.7. The topological polar surface area (TPSA) is 110 Å². The van der Waals surface area contributed by atoms with E-state index >= 15 is 4.11 Å². The molecule has 1 spiro atoms. The third-order valence-corrected chi connectivity index (χ3v) is 13.5. The highest BCUT2D eigenvalue weighted by molar-refractivity contribution is 6.72. The largest absolute Gasteiger partial charge is 0.482 e. The molecule has 3 aliphatic heterocycles. The third-order valence-electron chi connectivity index (χ3n) is 11.1. The third kappa shape index (κ3) is 6.04. The van der Waals surface area contributed by atoms with Gasteiger partial charge in [-0.1, -0.05) is 84.9 Å². The van der Waals surface area contributed by atoms with Gasteiger partial charge in [-0.25, -0.2) is 0 Å². The van der Waals surface area contributed by atoms with Crippen LogP contribution in [-0.4, -0.2) is 59.6 Å². The molecule has 1 aromatic heterocycles. The van der Waals surface area contributed by atoms with Crippen LogP contribution in [-0.2, 0) is 33.0 Å². The maximum Gasteiger partial charge on any atom is 0.269 e. The lowest BCUT2D eigenvalue weighted by Gasteiger charge is -2.31. The first kappa shape index (κ1) is 34.9. The van der Waals surface area contributed by atoms with Gasteiger partial charge in [-0.05, 0) is 61.0 Å². The number of halogens is 1. The molecular weight excluding hydrogens is 690 g/mol. The molecule has 4 aromatic carbocycles. The standard InChI is InChI=1S/C41H42FN5O5Si/c1-27-39(53(2,3)42)37(21-22-45-24-33(43-44-45)31(25-48)29-11-5-4-6-12-29)52-41(27)32-13-7-8-14-34(32)46(40(41)50)23-28-17-19-30(20-18-28)47-35-15-9-10-16-36(35)51-26-38(47)49/h4-20,24,27,31,37,39,48H,21-23,25-26H2,1-3H3/t27-,31?,37+,39-,41+/m1/s1. The Balaban J connectivity index is 1.04. The van der Waals surface area contributed by atoms with Gasteiger partial charge in [-0.3, -0.25) is 19.2 Å². The summed E-state index contributed by atoms with van der Waals surface area (Å²) in [5.74, 6) is -0.448. The van der Waals surface area contributed by atoms with E-state index in [1.165, 1.54) is 0 Å². The van der Waals surface area contributed by atoms with E-state index in [1.807, 2.05) is 116 Å². The molecule has 8 rings (SSSR count). The van der Waals surface area contributed by atoms with Crippen LogP contribution in [0.3, 0.4) is 0 Å². The fourth-order valence-electron chi connectivity index (χ4n) is 8.64. The molecule has 5 aromatic rings. The van der Waals surface area contributed by atoms with Gasteiger partial charge in [-0.2, -0.15) is 0 Å². The Kier molecular flexibility index (Phi) is 9.00. The molecule has 1 saturated heterocycles. The minimum Gasteiger partial charge on any atom is -0.482 e. The minimum absolute atomic E-state index is 0.0447. The number of aliphatic hydroxyl groups excluding tert-OH is 1. The number of rotatable bonds is 10. The van der Waals surface area contributed by atoms with Crippen LogP contribution in [0, 0.1) is 5.92 Å². The Labute approximate surface area is 308 Å². The molecule has 4 heterocycles. The number of para-hydroxylation sites is 3. The zero-order chi connectivity index (χ0) is 36.9. The van der Waals surface area contributed by atoms with E-state index < -0.39 is 31.6 Å². The van der Waals surface area contributed by atoms with Gasteiger partial charge < -0.3 is 23.6 Å². The van der Waals surface area contributed by atoms with Crippen LogP contribution >= 0.6 is 0 Å². The van der Waals surface area contributed by atoms with Crippen molar-refractivity contribution in [3.63, 3.8) is 0 Å². The SMILES string of the molecule is C[C@@H]1[C@@H]([Si](C)(C)F)[C@H](CCn2cc(C(CO)c3ccccc3)nn2)O[C@@]12C(=O)N(Cc1ccc(N3C(=O)COc4ccccc43)cc1)c1ccccc12. The molecule has 1 N–H and O–H groups in total. The number of hydrogen-bond acceptors (Lipinski definition) is 7. The Hall–Kier alpha value is -5.17. The van der Waals surface area contributed by atoms with Crippen molar-refractivity contribution in [3.8, 4) is 5.75 Å². The van der Waals surface area contributed by atoms with E-state index in [0.29, 0.717) is 35.8 Å². The Morgan fingerprint density at radius 2 is 1.64 bits per heavy atom. The maximum absolute atomic E-state index is 16.4. The van der Waals surface area contributed by atoms with E-state index in [2.05, 4.69) is 10.3 Å². The summed E-state index contributed by atoms with van der Waals surface area (Å²) >= 11 is 0. The molecule has 3 aliphatic rings. The number of ether oxygens (including phenoxy) is 2. The van der Waals surface area contributed by atoms with Gasteiger partial charge in [0.15, 0.2) is 12.2 Å². The average Bonchev–Trinajstić information content (AvgIpc) is 3.82. The van der Waals surface area contributed by atoms with Crippen LogP contribution in [0.1, 0.15) is 41.6 Å². The maximum atomic E-state index is 16.4. The summed E-state index contributed by atoms with van der Waals surface area (Å²) in [5, 5.41) is 18.9.